The summed E-state index contributed by atoms with van der Waals surface area (Å²) in [6.45, 7) is 7.48. The minimum Gasteiger partial charge on any atom is -0.507 e. The fourth-order valence-electron chi connectivity index (χ4n) is 3.87. The minimum absolute atomic E-state index is 0.128. The number of likely N-dealkylation sites (N-methyl/N-ethyl adjacent to an activating group) is 1. The molecular weight excluding hydrogens is 404 g/mol. The quantitative estimate of drug-likeness (QED) is 0.384. The molecule has 2 aromatic rings. The summed E-state index contributed by atoms with van der Waals surface area (Å²) < 4.78 is 5.68. The minimum atomic E-state index is -0.655. The SMILES string of the molecule is CCCOc1ccc(/C(O)=C2\C(=O)C(=O)N(CCN(C)C)C2c2ccc(C)cc2)c(C)c1. The summed E-state index contributed by atoms with van der Waals surface area (Å²) in [5.41, 5.74) is 3.31. The molecular formula is C26H32N2O4. The molecule has 1 fully saturated rings. The molecule has 0 aromatic heterocycles. The third-order valence-electron chi connectivity index (χ3n) is 5.65. The zero-order valence-corrected chi connectivity index (χ0v) is 19.5. The Hall–Kier alpha value is -3.12. The van der Waals surface area contributed by atoms with Crippen LogP contribution in [0.4, 0.5) is 0 Å². The highest BCUT2D eigenvalue weighted by Crippen LogP contribution is 2.40. The Morgan fingerprint density at radius 1 is 1.09 bits per heavy atom. The number of Topliss-reactive ketones (excluding diaryl/α,β-unsaturated/α-hetero) is 1. The van der Waals surface area contributed by atoms with Gasteiger partial charge in [-0.15, -0.1) is 0 Å². The van der Waals surface area contributed by atoms with Gasteiger partial charge in [0.05, 0.1) is 18.2 Å². The van der Waals surface area contributed by atoms with Crippen LogP contribution in [0.3, 0.4) is 0 Å². The molecule has 2 aromatic carbocycles. The topological polar surface area (TPSA) is 70.1 Å². The second kappa shape index (κ2) is 10.0. The predicted molar refractivity (Wildman–Crippen MR) is 126 cm³/mol. The van der Waals surface area contributed by atoms with E-state index in [0.717, 1.165) is 23.1 Å². The van der Waals surface area contributed by atoms with Crippen LogP contribution in [0.25, 0.3) is 5.76 Å². The number of hydrogen-bond acceptors (Lipinski definition) is 5. The van der Waals surface area contributed by atoms with Gasteiger partial charge in [-0.1, -0.05) is 36.8 Å². The first kappa shape index (κ1) is 23.5. The first-order valence-corrected chi connectivity index (χ1v) is 11.0. The summed E-state index contributed by atoms with van der Waals surface area (Å²) in [4.78, 5) is 29.6. The van der Waals surface area contributed by atoms with Crippen molar-refractivity contribution < 1.29 is 19.4 Å². The monoisotopic (exact) mass is 436 g/mol. The summed E-state index contributed by atoms with van der Waals surface area (Å²) in [5.74, 6) is -0.680. The molecule has 1 saturated heterocycles. The summed E-state index contributed by atoms with van der Waals surface area (Å²) >= 11 is 0. The molecule has 0 saturated carbocycles. The average Bonchev–Trinajstić information content (AvgIpc) is 3.01. The fourth-order valence-corrected chi connectivity index (χ4v) is 3.87. The summed E-state index contributed by atoms with van der Waals surface area (Å²) in [6.07, 6.45) is 0.897. The fraction of sp³-hybridized carbons (Fsp3) is 0.385. The van der Waals surface area contributed by atoms with Gasteiger partial charge in [-0.25, -0.2) is 0 Å². The van der Waals surface area contributed by atoms with Gasteiger partial charge in [0.15, 0.2) is 0 Å². The van der Waals surface area contributed by atoms with E-state index in [9.17, 15) is 14.7 Å². The normalized spacial score (nSPS) is 17.9. The number of ketones is 1. The van der Waals surface area contributed by atoms with Crippen molar-refractivity contribution in [1.82, 2.24) is 9.80 Å². The third-order valence-corrected chi connectivity index (χ3v) is 5.65. The number of nitrogens with zero attached hydrogens (tertiary/aromatic N) is 2. The lowest BCUT2D eigenvalue weighted by atomic mass is 9.93. The van der Waals surface area contributed by atoms with E-state index in [1.807, 2.05) is 70.1 Å². The lowest BCUT2D eigenvalue weighted by Crippen LogP contribution is -2.35. The molecule has 1 N–H and O–H groups in total. The highest BCUT2D eigenvalue weighted by molar-refractivity contribution is 6.46. The maximum Gasteiger partial charge on any atom is 0.295 e. The molecule has 1 unspecified atom stereocenters. The predicted octanol–water partition coefficient (Wildman–Crippen LogP) is 4.08. The molecule has 0 spiro atoms. The van der Waals surface area contributed by atoms with Gasteiger partial charge in [0.1, 0.15) is 11.5 Å². The highest BCUT2D eigenvalue weighted by Gasteiger charge is 2.46. The number of ether oxygens (including phenoxy) is 1. The van der Waals surface area contributed by atoms with E-state index in [-0.39, 0.29) is 11.3 Å². The highest BCUT2D eigenvalue weighted by atomic mass is 16.5. The molecule has 1 heterocycles. The van der Waals surface area contributed by atoms with E-state index in [1.165, 1.54) is 0 Å². The molecule has 32 heavy (non-hydrogen) atoms. The molecule has 1 amide bonds. The van der Waals surface area contributed by atoms with Crippen molar-refractivity contribution in [3.05, 3.63) is 70.3 Å². The van der Waals surface area contributed by atoms with Gasteiger partial charge in [0.25, 0.3) is 11.7 Å². The van der Waals surface area contributed by atoms with Crippen LogP contribution in [0.1, 0.15) is 41.6 Å². The maximum absolute atomic E-state index is 13.1. The van der Waals surface area contributed by atoms with Gasteiger partial charge in [0, 0.05) is 18.7 Å². The van der Waals surface area contributed by atoms with Crippen LogP contribution in [0.15, 0.2) is 48.0 Å². The zero-order chi connectivity index (χ0) is 23.4. The summed E-state index contributed by atoms with van der Waals surface area (Å²) in [7, 11) is 3.84. The van der Waals surface area contributed by atoms with Crippen molar-refractivity contribution >= 4 is 17.4 Å². The number of likely N-dealkylation sites (tertiary alicyclic amines) is 1. The van der Waals surface area contributed by atoms with Crippen molar-refractivity contribution in [1.29, 1.82) is 0 Å². The van der Waals surface area contributed by atoms with Crippen LogP contribution < -0.4 is 4.74 Å². The average molecular weight is 437 g/mol. The van der Waals surface area contributed by atoms with Crippen LogP contribution >= 0.6 is 0 Å². The molecule has 170 valence electrons. The van der Waals surface area contributed by atoms with E-state index in [2.05, 4.69) is 0 Å². The van der Waals surface area contributed by atoms with Crippen molar-refractivity contribution in [3.63, 3.8) is 0 Å². The first-order valence-electron chi connectivity index (χ1n) is 11.0. The number of carbonyl (C=O) groups is 2. The molecule has 0 aliphatic carbocycles. The summed E-state index contributed by atoms with van der Waals surface area (Å²) in [5, 5.41) is 11.3. The molecule has 0 bridgehead atoms. The lowest BCUT2D eigenvalue weighted by molar-refractivity contribution is -0.140. The smallest absolute Gasteiger partial charge is 0.295 e. The molecule has 0 radical (unpaired) electrons. The molecule has 1 aliphatic heterocycles. The van der Waals surface area contributed by atoms with Crippen molar-refractivity contribution in [2.75, 3.05) is 33.8 Å². The van der Waals surface area contributed by atoms with Crippen molar-refractivity contribution in [3.8, 4) is 5.75 Å². The first-order chi connectivity index (χ1) is 15.2. The maximum atomic E-state index is 13.1. The number of aliphatic hydroxyl groups is 1. The molecule has 1 aliphatic rings. The number of rotatable bonds is 8. The second-order valence-corrected chi connectivity index (χ2v) is 8.53. The van der Waals surface area contributed by atoms with E-state index < -0.39 is 17.7 Å². The van der Waals surface area contributed by atoms with Gasteiger partial charge in [0.2, 0.25) is 0 Å². The number of carbonyl (C=O) groups excluding carboxylic acids is 2. The van der Waals surface area contributed by atoms with Crippen LogP contribution in [0.5, 0.6) is 5.75 Å². The third kappa shape index (κ3) is 4.86. The van der Waals surface area contributed by atoms with Gasteiger partial charge in [-0.05, 0) is 63.7 Å². The van der Waals surface area contributed by atoms with Gasteiger partial charge in [-0.2, -0.15) is 0 Å². The van der Waals surface area contributed by atoms with E-state index in [0.29, 0.717) is 31.0 Å². The molecule has 3 rings (SSSR count). The Balaban J connectivity index is 2.10. The van der Waals surface area contributed by atoms with E-state index in [4.69, 9.17) is 4.74 Å². The van der Waals surface area contributed by atoms with Gasteiger partial charge < -0.3 is 19.6 Å². The lowest BCUT2D eigenvalue weighted by Gasteiger charge is -2.26. The number of hydrogen-bond donors (Lipinski definition) is 1. The number of amides is 1. The largest absolute Gasteiger partial charge is 0.507 e. The van der Waals surface area contributed by atoms with E-state index in [1.54, 1.807) is 17.0 Å². The number of aryl methyl sites for hydroxylation is 2. The Bertz CT molecular complexity index is 1020. The molecule has 6 nitrogen and oxygen atoms in total. The van der Waals surface area contributed by atoms with Crippen molar-refractivity contribution in [2.45, 2.75) is 33.2 Å². The Morgan fingerprint density at radius 2 is 1.78 bits per heavy atom. The van der Waals surface area contributed by atoms with Gasteiger partial charge >= 0.3 is 0 Å². The Labute approximate surface area is 190 Å². The van der Waals surface area contributed by atoms with Gasteiger partial charge in [-0.3, -0.25) is 9.59 Å². The molecule has 1 atom stereocenters. The Kier molecular flexibility index (Phi) is 7.36. The number of benzene rings is 2. The Morgan fingerprint density at radius 3 is 2.38 bits per heavy atom. The van der Waals surface area contributed by atoms with Crippen LogP contribution in [0.2, 0.25) is 0 Å². The van der Waals surface area contributed by atoms with Crippen LogP contribution in [-0.2, 0) is 9.59 Å². The van der Waals surface area contributed by atoms with Crippen LogP contribution in [-0.4, -0.2) is 60.4 Å². The molecule has 6 heteroatoms. The summed E-state index contributed by atoms with van der Waals surface area (Å²) in [6, 6.07) is 12.5. The zero-order valence-electron chi connectivity index (χ0n) is 19.5. The van der Waals surface area contributed by atoms with E-state index >= 15 is 0 Å². The number of aliphatic hydroxyl groups excluding tert-OH is 1. The van der Waals surface area contributed by atoms with Crippen LogP contribution in [0, 0.1) is 13.8 Å². The standard InChI is InChI=1S/C26H32N2O4/c1-6-15-32-20-11-12-21(18(3)16-20)24(29)22-23(19-9-7-17(2)8-10-19)28(14-13-27(4)5)26(31)25(22)30/h7-12,16,23,29H,6,13-15H2,1-5H3/b24-22+. The van der Waals surface area contributed by atoms with Crippen molar-refractivity contribution in [2.24, 2.45) is 0 Å². The second-order valence-electron chi connectivity index (χ2n) is 8.53.